The molecule has 0 saturated heterocycles. The number of hydrogen-bond acceptors (Lipinski definition) is 5. The van der Waals surface area contributed by atoms with Gasteiger partial charge >= 0.3 is 0 Å². The van der Waals surface area contributed by atoms with Crippen LogP contribution in [0.3, 0.4) is 0 Å². The van der Waals surface area contributed by atoms with Crippen molar-refractivity contribution in [1.82, 2.24) is 14.9 Å². The van der Waals surface area contributed by atoms with Crippen LogP contribution in [0.1, 0.15) is 41.4 Å². The van der Waals surface area contributed by atoms with Gasteiger partial charge in [-0.05, 0) is 30.2 Å². The van der Waals surface area contributed by atoms with Gasteiger partial charge in [0.15, 0.2) is 5.78 Å². The van der Waals surface area contributed by atoms with Crippen molar-refractivity contribution in [3.05, 3.63) is 77.5 Å². The van der Waals surface area contributed by atoms with E-state index >= 15 is 0 Å². The average Bonchev–Trinajstić information content (AvgIpc) is 2.83. The Kier molecular flexibility index (Phi) is 7.65. The van der Waals surface area contributed by atoms with Gasteiger partial charge < -0.3 is 9.64 Å². The average molecular weight is 435 g/mol. The second kappa shape index (κ2) is 10.6. The number of aryl methyl sites for hydroxylation is 1. The van der Waals surface area contributed by atoms with Crippen molar-refractivity contribution in [2.24, 2.45) is 0 Å². The summed E-state index contributed by atoms with van der Waals surface area (Å²) in [5.41, 5.74) is 3.03. The van der Waals surface area contributed by atoms with Crippen LogP contribution in [-0.4, -0.2) is 40.7 Å². The molecule has 166 valence electrons. The van der Waals surface area contributed by atoms with Crippen LogP contribution in [-0.2, 0) is 17.8 Å². The van der Waals surface area contributed by atoms with Gasteiger partial charge in [0.1, 0.15) is 11.5 Å². The maximum Gasteiger partial charge on any atom is 0.222 e. The summed E-state index contributed by atoms with van der Waals surface area (Å²) in [6, 6.07) is 12.0. The van der Waals surface area contributed by atoms with E-state index in [1.807, 2.05) is 6.07 Å². The van der Waals surface area contributed by atoms with E-state index in [1.165, 1.54) is 11.0 Å². The molecule has 0 N–H and O–H groups in total. The van der Waals surface area contributed by atoms with Crippen molar-refractivity contribution in [2.75, 3.05) is 14.2 Å². The Morgan fingerprint density at radius 1 is 1.06 bits per heavy atom. The van der Waals surface area contributed by atoms with Crippen molar-refractivity contribution in [3.63, 3.8) is 0 Å². The molecule has 1 aromatic carbocycles. The van der Waals surface area contributed by atoms with E-state index in [0.29, 0.717) is 41.1 Å². The summed E-state index contributed by atoms with van der Waals surface area (Å²) in [7, 11) is 3.20. The minimum atomic E-state index is -0.385. The second-order valence-corrected chi connectivity index (χ2v) is 7.44. The van der Waals surface area contributed by atoms with E-state index in [1.54, 1.807) is 63.8 Å². The summed E-state index contributed by atoms with van der Waals surface area (Å²) < 4.78 is 19.8. The van der Waals surface area contributed by atoms with E-state index in [-0.39, 0.29) is 30.5 Å². The zero-order valence-corrected chi connectivity index (χ0v) is 18.5. The van der Waals surface area contributed by atoms with Crippen molar-refractivity contribution in [2.45, 2.75) is 32.7 Å². The molecule has 0 saturated carbocycles. The highest BCUT2D eigenvalue weighted by Crippen LogP contribution is 2.23. The van der Waals surface area contributed by atoms with Gasteiger partial charge in [-0.3, -0.25) is 14.6 Å². The van der Waals surface area contributed by atoms with Gasteiger partial charge in [-0.2, -0.15) is 0 Å². The van der Waals surface area contributed by atoms with Crippen LogP contribution in [0, 0.1) is 5.82 Å². The fourth-order valence-corrected chi connectivity index (χ4v) is 3.37. The number of Topliss-reactive ketones (excluding diaryl/α,β-unsaturated/α-hetero) is 1. The number of amides is 1. The number of rotatable bonds is 9. The zero-order valence-electron chi connectivity index (χ0n) is 18.5. The fraction of sp³-hybridized carbons (Fsp3) is 0.280. The van der Waals surface area contributed by atoms with Crippen molar-refractivity contribution >= 4 is 11.7 Å². The molecule has 0 radical (unpaired) electrons. The highest BCUT2D eigenvalue weighted by atomic mass is 19.1. The van der Waals surface area contributed by atoms with E-state index in [0.717, 1.165) is 5.56 Å². The number of hydrogen-bond donors (Lipinski definition) is 0. The highest BCUT2D eigenvalue weighted by Gasteiger charge is 2.13. The van der Waals surface area contributed by atoms with Gasteiger partial charge in [-0.15, -0.1) is 0 Å². The van der Waals surface area contributed by atoms with Crippen LogP contribution in [0.15, 0.2) is 54.9 Å². The Balaban J connectivity index is 1.66. The van der Waals surface area contributed by atoms with Crippen molar-refractivity contribution < 1.29 is 18.7 Å². The second-order valence-electron chi connectivity index (χ2n) is 7.44. The van der Waals surface area contributed by atoms with Crippen LogP contribution >= 0.6 is 0 Å². The summed E-state index contributed by atoms with van der Waals surface area (Å²) in [4.78, 5) is 34.2. The molecule has 32 heavy (non-hydrogen) atoms. The molecular weight excluding hydrogens is 409 g/mol. The standard InChI is InChI=1S/C25H26FN3O3/c1-4-24(31)29(2)16-20-8-7-18(14-21(20)26)19-9-11-22(28-15-19)23(30)12-10-17-6-5-13-27-25(17)32-3/h5-9,11,13-15H,4,10,12,16H2,1-3H3. The Morgan fingerprint density at radius 2 is 1.84 bits per heavy atom. The number of methoxy groups -OCH3 is 1. The first-order chi connectivity index (χ1) is 15.4. The van der Waals surface area contributed by atoms with Gasteiger partial charge in [-0.25, -0.2) is 9.37 Å². The molecule has 0 aliphatic heterocycles. The lowest BCUT2D eigenvalue weighted by atomic mass is 10.0. The number of carbonyl (C=O) groups is 2. The summed E-state index contributed by atoms with van der Waals surface area (Å²) in [5.74, 6) is -0.00400. The number of benzene rings is 1. The Morgan fingerprint density at radius 3 is 2.50 bits per heavy atom. The number of carbonyl (C=O) groups excluding carboxylic acids is 2. The molecule has 0 aliphatic carbocycles. The fourth-order valence-electron chi connectivity index (χ4n) is 3.37. The minimum absolute atomic E-state index is 0.0418. The molecule has 7 heteroatoms. The van der Waals surface area contributed by atoms with Crippen molar-refractivity contribution in [1.29, 1.82) is 0 Å². The van der Waals surface area contributed by atoms with E-state index in [2.05, 4.69) is 9.97 Å². The number of ketones is 1. The number of ether oxygens (including phenoxy) is 1. The molecule has 0 aliphatic rings. The first kappa shape index (κ1) is 23.1. The number of aromatic nitrogens is 2. The third-order valence-corrected chi connectivity index (χ3v) is 5.24. The predicted molar refractivity (Wildman–Crippen MR) is 120 cm³/mol. The van der Waals surface area contributed by atoms with Crippen molar-refractivity contribution in [3.8, 4) is 17.0 Å². The van der Waals surface area contributed by atoms with Crippen LogP contribution in [0.25, 0.3) is 11.1 Å². The third kappa shape index (κ3) is 5.55. The zero-order chi connectivity index (χ0) is 23.1. The summed E-state index contributed by atoms with van der Waals surface area (Å²) in [6.07, 6.45) is 4.37. The van der Waals surface area contributed by atoms with Crippen LogP contribution in [0.2, 0.25) is 0 Å². The Hall–Kier alpha value is -3.61. The lowest BCUT2D eigenvalue weighted by Gasteiger charge is -2.17. The van der Waals surface area contributed by atoms with E-state index in [9.17, 15) is 14.0 Å². The maximum absolute atomic E-state index is 14.6. The SMILES string of the molecule is CCC(=O)N(C)Cc1ccc(-c2ccc(C(=O)CCc3cccnc3OC)nc2)cc1F. The minimum Gasteiger partial charge on any atom is -0.481 e. The van der Waals surface area contributed by atoms with E-state index < -0.39 is 0 Å². The summed E-state index contributed by atoms with van der Waals surface area (Å²) >= 11 is 0. The van der Waals surface area contributed by atoms with Crippen LogP contribution in [0.4, 0.5) is 4.39 Å². The molecular formula is C25H26FN3O3. The lowest BCUT2D eigenvalue weighted by Crippen LogP contribution is -2.25. The molecule has 2 heterocycles. The molecule has 0 fully saturated rings. The molecule has 0 atom stereocenters. The topological polar surface area (TPSA) is 72.4 Å². The summed E-state index contributed by atoms with van der Waals surface area (Å²) in [5, 5.41) is 0. The number of pyridine rings is 2. The van der Waals surface area contributed by atoms with Gasteiger partial charge in [0, 0.05) is 55.5 Å². The smallest absolute Gasteiger partial charge is 0.222 e. The third-order valence-electron chi connectivity index (χ3n) is 5.24. The molecule has 6 nitrogen and oxygen atoms in total. The monoisotopic (exact) mass is 435 g/mol. The van der Waals surface area contributed by atoms with Crippen LogP contribution in [0.5, 0.6) is 5.88 Å². The molecule has 0 bridgehead atoms. The first-order valence-corrected chi connectivity index (χ1v) is 10.4. The Bertz CT molecular complexity index is 1100. The van der Waals surface area contributed by atoms with Gasteiger partial charge in [0.2, 0.25) is 11.8 Å². The molecule has 3 aromatic rings. The van der Waals surface area contributed by atoms with Gasteiger partial charge in [-0.1, -0.05) is 31.2 Å². The largest absolute Gasteiger partial charge is 0.481 e. The first-order valence-electron chi connectivity index (χ1n) is 10.4. The highest BCUT2D eigenvalue weighted by molar-refractivity contribution is 5.94. The maximum atomic E-state index is 14.6. The normalized spacial score (nSPS) is 10.6. The lowest BCUT2D eigenvalue weighted by molar-refractivity contribution is -0.130. The molecule has 0 spiro atoms. The molecule has 0 unspecified atom stereocenters. The molecule has 1 amide bonds. The summed E-state index contributed by atoms with van der Waals surface area (Å²) in [6.45, 7) is 1.99. The Labute approximate surface area is 187 Å². The van der Waals surface area contributed by atoms with Gasteiger partial charge in [0.05, 0.1) is 7.11 Å². The molecule has 2 aromatic heterocycles. The quantitative estimate of drug-likeness (QED) is 0.464. The van der Waals surface area contributed by atoms with Crippen LogP contribution < -0.4 is 4.74 Å². The van der Waals surface area contributed by atoms with E-state index in [4.69, 9.17) is 4.74 Å². The number of nitrogens with zero attached hydrogens (tertiary/aromatic N) is 3. The predicted octanol–water partition coefficient (Wildman–Crippen LogP) is 4.48. The number of halogens is 1. The molecule has 3 rings (SSSR count). The van der Waals surface area contributed by atoms with Gasteiger partial charge in [0.25, 0.3) is 0 Å².